The summed E-state index contributed by atoms with van der Waals surface area (Å²) < 4.78 is 12.6. The summed E-state index contributed by atoms with van der Waals surface area (Å²) in [5.74, 6) is -0.925. The summed E-state index contributed by atoms with van der Waals surface area (Å²) in [6.45, 7) is 0.352. The van der Waals surface area contributed by atoms with Crippen LogP contribution in [-0.2, 0) is 27.4 Å². The molecule has 0 aliphatic carbocycles. The monoisotopic (exact) mass is 593 g/mol. The number of ether oxygens (including phenoxy) is 2. The summed E-state index contributed by atoms with van der Waals surface area (Å²) in [6, 6.07) is 13.1. The van der Waals surface area contributed by atoms with Crippen LogP contribution in [0.25, 0.3) is 21.6 Å². The Labute approximate surface area is 242 Å². The van der Waals surface area contributed by atoms with Crippen molar-refractivity contribution in [3.05, 3.63) is 87.8 Å². The molecule has 4 aromatic rings. The number of anilines is 1. The first-order chi connectivity index (χ1) is 20.4. The summed E-state index contributed by atoms with van der Waals surface area (Å²) in [5.41, 5.74) is 10.9. The smallest absolute Gasteiger partial charge is 0.333 e. The van der Waals surface area contributed by atoms with Crippen LogP contribution < -0.4 is 15.4 Å². The van der Waals surface area contributed by atoms with Crippen molar-refractivity contribution in [2.75, 3.05) is 11.9 Å². The number of aromatic nitrogens is 4. The molecule has 0 spiro atoms. The average molecular weight is 594 g/mol. The minimum absolute atomic E-state index is 0.184. The predicted octanol–water partition coefficient (Wildman–Crippen LogP) is 2.81. The second-order valence-electron chi connectivity index (χ2n) is 9.17. The number of carboxylic acid groups (broad SMARTS) is 1. The van der Waals surface area contributed by atoms with E-state index in [2.05, 4.69) is 35.6 Å². The molecule has 15 nitrogen and oxygen atoms in total. The number of benzene rings is 2. The number of carbonyl (C=O) groups is 2. The van der Waals surface area contributed by atoms with Gasteiger partial charge in [0.25, 0.3) is 5.91 Å². The third-order valence-electron chi connectivity index (χ3n) is 6.46. The van der Waals surface area contributed by atoms with Crippen LogP contribution in [0.3, 0.4) is 0 Å². The lowest BCUT2D eigenvalue weighted by Crippen LogP contribution is -2.34. The highest BCUT2D eigenvalue weighted by Crippen LogP contribution is 2.34. The minimum Gasteiger partial charge on any atom is -0.483 e. The number of hydrogen-bond acceptors (Lipinski definition) is 10. The van der Waals surface area contributed by atoms with E-state index in [0.717, 1.165) is 5.56 Å². The third kappa shape index (κ3) is 6.19. The van der Waals surface area contributed by atoms with Crippen molar-refractivity contribution in [2.45, 2.75) is 37.6 Å². The van der Waals surface area contributed by atoms with Crippen molar-refractivity contribution in [1.82, 2.24) is 24.8 Å². The number of carboxylic acids is 1. The number of hydrogen-bond donors (Lipinski definition) is 4. The van der Waals surface area contributed by atoms with Gasteiger partial charge in [0.15, 0.2) is 35.9 Å². The van der Waals surface area contributed by atoms with Gasteiger partial charge in [-0.25, -0.2) is 19.7 Å². The van der Waals surface area contributed by atoms with Crippen LogP contribution in [0.1, 0.15) is 17.4 Å². The van der Waals surface area contributed by atoms with Crippen molar-refractivity contribution in [1.29, 1.82) is 0 Å². The van der Waals surface area contributed by atoms with Crippen LogP contribution in [0.5, 0.6) is 5.75 Å². The second kappa shape index (κ2) is 12.7. The van der Waals surface area contributed by atoms with E-state index in [0.29, 0.717) is 34.2 Å². The standard InChI is InChI=1S/C26H24ClN9O6/c27-16-6-7-17(41-11-18(37)29-9-14-4-2-1-3-5-14)15(8-16)10-30-23-20-24(32-12-31-23)36(13-33-20)25-21(38)19(34-35-28)22(42-25)26(39)40/h1-8,12-13,19,21-22,25,38H,9-11H2,(H,29,37)(H,39,40)(H,30,31,32). The Kier molecular flexibility index (Phi) is 8.64. The zero-order chi connectivity index (χ0) is 29.6. The molecule has 0 saturated carbocycles. The molecule has 1 aliphatic rings. The van der Waals surface area contributed by atoms with E-state index in [9.17, 15) is 19.8 Å². The third-order valence-corrected chi connectivity index (χ3v) is 6.69. The predicted molar refractivity (Wildman–Crippen MR) is 148 cm³/mol. The van der Waals surface area contributed by atoms with Crippen molar-refractivity contribution >= 4 is 40.5 Å². The van der Waals surface area contributed by atoms with Crippen molar-refractivity contribution < 1.29 is 29.3 Å². The lowest BCUT2D eigenvalue weighted by Gasteiger charge is -2.17. The molecule has 4 unspecified atom stereocenters. The Morgan fingerprint density at radius 3 is 2.74 bits per heavy atom. The summed E-state index contributed by atoms with van der Waals surface area (Å²) in [5, 5.41) is 29.9. The molecule has 42 heavy (non-hydrogen) atoms. The number of carbonyl (C=O) groups excluding carboxylic acids is 1. The number of azide groups is 1. The van der Waals surface area contributed by atoms with E-state index < -0.39 is 30.4 Å². The fourth-order valence-electron chi connectivity index (χ4n) is 4.45. The van der Waals surface area contributed by atoms with Gasteiger partial charge in [0.2, 0.25) is 0 Å². The molecule has 2 aromatic heterocycles. The molecule has 2 aromatic carbocycles. The number of imidazole rings is 1. The largest absolute Gasteiger partial charge is 0.483 e. The molecule has 0 bridgehead atoms. The zero-order valence-corrected chi connectivity index (χ0v) is 22.5. The molecular weight excluding hydrogens is 570 g/mol. The fraction of sp³-hybridized carbons (Fsp3) is 0.269. The van der Waals surface area contributed by atoms with Crippen molar-refractivity contribution in [3.8, 4) is 5.75 Å². The molecule has 4 atom stereocenters. The second-order valence-corrected chi connectivity index (χ2v) is 9.61. The molecule has 0 radical (unpaired) electrons. The molecule has 5 rings (SSSR count). The summed E-state index contributed by atoms with van der Waals surface area (Å²) >= 11 is 6.22. The molecule has 1 aliphatic heterocycles. The van der Waals surface area contributed by atoms with Gasteiger partial charge >= 0.3 is 5.97 Å². The molecule has 4 N–H and O–H groups in total. The van der Waals surface area contributed by atoms with E-state index >= 15 is 0 Å². The van der Waals surface area contributed by atoms with Gasteiger partial charge in [-0.2, -0.15) is 0 Å². The molecule has 3 heterocycles. The molecule has 1 fully saturated rings. The van der Waals surface area contributed by atoms with E-state index in [1.807, 2.05) is 30.3 Å². The highest BCUT2D eigenvalue weighted by Gasteiger charge is 2.48. The van der Waals surface area contributed by atoms with Gasteiger partial charge in [0.1, 0.15) is 24.2 Å². The number of nitrogens with one attached hydrogen (secondary N) is 2. The molecular formula is C26H24ClN9O6. The van der Waals surface area contributed by atoms with Crippen LogP contribution >= 0.6 is 11.6 Å². The summed E-state index contributed by atoms with van der Waals surface area (Å²) in [4.78, 5) is 39.3. The first-order valence-electron chi connectivity index (χ1n) is 12.6. The van der Waals surface area contributed by atoms with Crippen LogP contribution in [0, 0.1) is 0 Å². The van der Waals surface area contributed by atoms with Gasteiger partial charge in [0, 0.05) is 28.6 Å². The topological polar surface area (TPSA) is 209 Å². The van der Waals surface area contributed by atoms with E-state index in [1.165, 1.54) is 17.2 Å². The maximum atomic E-state index is 12.4. The first-order valence-corrected chi connectivity index (χ1v) is 13.0. The Hall–Kier alpha value is -4.95. The van der Waals surface area contributed by atoms with Crippen molar-refractivity contribution in [2.24, 2.45) is 5.11 Å². The van der Waals surface area contributed by atoms with Crippen molar-refractivity contribution in [3.63, 3.8) is 0 Å². The quantitative estimate of drug-likeness (QED) is 0.113. The van der Waals surface area contributed by atoms with E-state index in [1.54, 1.807) is 18.2 Å². The molecule has 1 amide bonds. The van der Waals surface area contributed by atoms with Gasteiger partial charge in [-0.05, 0) is 29.3 Å². The Morgan fingerprint density at radius 2 is 1.98 bits per heavy atom. The number of fused-ring (bicyclic) bond motifs is 1. The summed E-state index contributed by atoms with van der Waals surface area (Å²) in [6.07, 6.45) is -1.68. The number of halogens is 1. The van der Waals surface area contributed by atoms with Gasteiger partial charge in [-0.3, -0.25) is 9.36 Å². The van der Waals surface area contributed by atoms with Gasteiger partial charge < -0.3 is 30.3 Å². The molecule has 16 heteroatoms. The normalized spacial score (nSPS) is 19.7. The Bertz CT molecular complexity index is 1650. The molecule has 216 valence electrons. The first kappa shape index (κ1) is 28.6. The number of aliphatic hydroxyl groups is 1. The Morgan fingerprint density at radius 1 is 1.17 bits per heavy atom. The fourth-order valence-corrected chi connectivity index (χ4v) is 4.64. The SMILES string of the molecule is [N-]=[N+]=NC1C(C(=O)O)OC(n2cnc3c(NCc4cc(Cl)ccc4OCC(=O)NCc4ccccc4)ncnc32)C1O. The lowest BCUT2D eigenvalue weighted by molar-refractivity contribution is -0.152. The average Bonchev–Trinajstić information content (AvgIpc) is 3.56. The zero-order valence-electron chi connectivity index (χ0n) is 21.7. The maximum Gasteiger partial charge on any atom is 0.333 e. The number of rotatable bonds is 11. The summed E-state index contributed by atoms with van der Waals surface area (Å²) in [7, 11) is 0. The molecule has 1 saturated heterocycles. The maximum absolute atomic E-state index is 12.4. The Balaban J connectivity index is 1.28. The van der Waals surface area contributed by atoms with Crippen LogP contribution in [-0.4, -0.2) is 66.5 Å². The van der Waals surface area contributed by atoms with Gasteiger partial charge in [-0.15, -0.1) is 0 Å². The highest BCUT2D eigenvalue weighted by molar-refractivity contribution is 6.30. The number of nitrogens with zero attached hydrogens (tertiary/aromatic N) is 7. The van der Waals surface area contributed by atoms with E-state index in [4.69, 9.17) is 26.6 Å². The number of aliphatic hydroxyl groups excluding tert-OH is 1. The van der Waals surface area contributed by atoms with Gasteiger partial charge in [0.05, 0.1) is 6.33 Å². The van der Waals surface area contributed by atoms with Crippen LogP contribution in [0.4, 0.5) is 5.82 Å². The highest BCUT2D eigenvalue weighted by atomic mass is 35.5. The van der Waals surface area contributed by atoms with Gasteiger partial charge in [-0.1, -0.05) is 47.0 Å². The number of amides is 1. The number of aliphatic carboxylic acids is 1. The minimum atomic E-state index is -1.56. The lowest BCUT2D eigenvalue weighted by atomic mass is 10.1. The van der Waals surface area contributed by atoms with E-state index in [-0.39, 0.29) is 24.7 Å². The van der Waals surface area contributed by atoms with Crippen LogP contribution in [0.15, 0.2) is 66.3 Å². The van der Waals surface area contributed by atoms with Crippen LogP contribution in [0.2, 0.25) is 5.02 Å².